The van der Waals surface area contributed by atoms with E-state index in [1.807, 2.05) is 11.1 Å². The van der Waals surface area contributed by atoms with Crippen molar-refractivity contribution in [3.8, 4) is 0 Å². The fraction of sp³-hybridized carbons (Fsp3) is 0.765. The summed E-state index contributed by atoms with van der Waals surface area (Å²) in [5.41, 5.74) is 0. The third-order valence-corrected chi connectivity index (χ3v) is 5.11. The summed E-state index contributed by atoms with van der Waals surface area (Å²) in [5.74, 6) is 1.80. The predicted octanol–water partition coefficient (Wildman–Crippen LogP) is 1.82. The number of piperazine rings is 1. The van der Waals surface area contributed by atoms with Crippen molar-refractivity contribution in [1.29, 1.82) is 0 Å². The molecule has 0 aliphatic carbocycles. The first kappa shape index (κ1) is 16.5. The second-order valence-corrected chi connectivity index (χ2v) is 6.58. The van der Waals surface area contributed by atoms with Gasteiger partial charge >= 0.3 is 0 Å². The van der Waals surface area contributed by atoms with Crippen LogP contribution in [0.15, 0.2) is 12.4 Å². The standard InChI is InChI=1S/C17H28N4O2/c1-2-20-9-10-21(12-15(20)17-18-7-8-19-17)16(22)6-5-14-4-3-11-23-13-14/h7-8,14-15H,2-6,9-13H2,1H3,(H,18,19)/t14-,15+/m0/s1. The highest BCUT2D eigenvalue weighted by molar-refractivity contribution is 5.76. The number of ether oxygens (including phenoxy) is 1. The first-order valence-corrected chi connectivity index (χ1v) is 8.86. The van der Waals surface area contributed by atoms with Crippen LogP contribution in [-0.2, 0) is 9.53 Å². The van der Waals surface area contributed by atoms with Crippen molar-refractivity contribution < 1.29 is 9.53 Å². The number of carbonyl (C=O) groups is 1. The molecule has 2 aliphatic heterocycles. The smallest absolute Gasteiger partial charge is 0.222 e. The van der Waals surface area contributed by atoms with Crippen molar-refractivity contribution in [3.05, 3.63) is 18.2 Å². The van der Waals surface area contributed by atoms with Crippen LogP contribution in [0.3, 0.4) is 0 Å². The van der Waals surface area contributed by atoms with E-state index in [2.05, 4.69) is 21.8 Å². The number of nitrogens with zero attached hydrogens (tertiary/aromatic N) is 3. The van der Waals surface area contributed by atoms with Crippen LogP contribution in [0, 0.1) is 5.92 Å². The third kappa shape index (κ3) is 4.12. The minimum atomic E-state index is 0.186. The van der Waals surface area contributed by atoms with Crippen LogP contribution in [-0.4, -0.2) is 65.1 Å². The lowest BCUT2D eigenvalue weighted by Crippen LogP contribution is -2.50. The molecule has 6 heteroatoms. The number of nitrogens with one attached hydrogen (secondary N) is 1. The number of imidazole rings is 1. The number of aromatic nitrogens is 2. The van der Waals surface area contributed by atoms with Crippen LogP contribution in [0.2, 0.25) is 0 Å². The number of carbonyl (C=O) groups excluding carboxylic acids is 1. The number of aromatic amines is 1. The maximum atomic E-state index is 12.6. The Hall–Kier alpha value is -1.40. The van der Waals surface area contributed by atoms with Gasteiger partial charge in [-0.2, -0.15) is 0 Å². The molecule has 2 aliphatic rings. The van der Waals surface area contributed by atoms with Crippen molar-refractivity contribution in [2.24, 2.45) is 5.92 Å². The van der Waals surface area contributed by atoms with Gasteiger partial charge in [-0.25, -0.2) is 4.98 Å². The van der Waals surface area contributed by atoms with Crippen LogP contribution in [0.5, 0.6) is 0 Å². The number of H-pyrrole nitrogens is 1. The summed E-state index contributed by atoms with van der Waals surface area (Å²) in [7, 11) is 0. The summed E-state index contributed by atoms with van der Waals surface area (Å²) in [5, 5.41) is 0. The van der Waals surface area contributed by atoms with Gasteiger partial charge in [-0.15, -0.1) is 0 Å². The molecule has 6 nitrogen and oxygen atoms in total. The van der Waals surface area contributed by atoms with Gasteiger partial charge in [0.1, 0.15) is 5.82 Å². The van der Waals surface area contributed by atoms with Crippen molar-refractivity contribution in [3.63, 3.8) is 0 Å². The zero-order valence-electron chi connectivity index (χ0n) is 14.0. The monoisotopic (exact) mass is 320 g/mol. The summed E-state index contributed by atoms with van der Waals surface area (Å²) in [4.78, 5) is 24.6. The van der Waals surface area contributed by atoms with E-state index in [1.54, 1.807) is 6.20 Å². The molecule has 0 bridgehead atoms. The molecule has 1 amide bonds. The zero-order chi connectivity index (χ0) is 16.1. The highest BCUT2D eigenvalue weighted by Gasteiger charge is 2.31. The van der Waals surface area contributed by atoms with Crippen molar-refractivity contribution in [2.75, 3.05) is 39.4 Å². The minimum Gasteiger partial charge on any atom is -0.381 e. The highest BCUT2D eigenvalue weighted by atomic mass is 16.5. The second-order valence-electron chi connectivity index (χ2n) is 6.58. The molecule has 0 radical (unpaired) electrons. The first-order valence-electron chi connectivity index (χ1n) is 8.86. The van der Waals surface area contributed by atoms with Gasteiger partial charge in [0.05, 0.1) is 6.04 Å². The maximum Gasteiger partial charge on any atom is 0.222 e. The van der Waals surface area contributed by atoms with Gasteiger partial charge in [-0.1, -0.05) is 6.92 Å². The molecule has 3 heterocycles. The van der Waals surface area contributed by atoms with Gasteiger partial charge in [-0.05, 0) is 31.7 Å². The van der Waals surface area contributed by atoms with E-state index in [-0.39, 0.29) is 11.9 Å². The molecule has 1 aromatic rings. The van der Waals surface area contributed by atoms with Crippen molar-refractivity contribution >= 4 is 5.91 Å². The molecule has 2 fully saturated rings. The fourth-order valence-electron chi connectivity index (χ4n) is 3.67. The number of amides is 1. The summed E-state index contributed by atoms with van der Waals surface area (Å²) in [6, 6.07) is 0.186. The largest absolute Gasteiger partial charge is 0.381 e. The summed E-state index contributed by atoms with van der Waals surface area (Å²) >= 11 is 0. The Morgan fingerprint density at radius 2 is 2.39 bits per heavy atom. The Labute approximate surface area is 138 Å². The average molecular weight is 320 g/mol. The predicted molar refractivity (Wildman–Crippen MR) is 87.9 cm³/mol. The van der Waals surface area contributed by atoms with Gasteiger partial charge in [0, 0.05) is 51.7 Å². The lowest BCUT2D eigenvalue weighted by Gasteiger charge is -2.40. The lowest BCUT2D eigenvalue weighted by molar-refractivity contribution is -0.134. The minimum absolute atomic E-state index is 0.186. The molecule has 0 spiro atoms. The Morgan fingerprint density at radius 1 is 1.48 bits per heavy atom. The van der Waals surface area contributed by atoms with Gasteiger partial charge in [0.25, 0.3) is 0 Å². The van der Waals surface area contributed by atoms with E-state index in [9.17, 15) is 4.79 Å². The summed E-state index contributed by atoms with van der Waals surface area (Å²) in [6.45, 7) is 7.33. The number of likely N-dealkylation sites (N-methyl/N-ethyl adjacent to an activating group) is 1. The quantitative estimate of drug-likeness (QED) is 0.899. The molecule has 23 heavy (non-hydrogen) atoms. The Morgan fingerprint density at radius 3 is 3.09 bits per heavy atom. The number of hydrogen-bond acceptors (Lipinski definition) is 4. The molecule has 1 aromatic heterocycles. The first-order chi connectivity index (χ1) is 11.3. The molecule has 0 saturated carbocycles. The fourth-order valence-corrected chi connectivity index (χ4v) is 3.67. The van der Waals surface area contributed by atoms with Crippen LogP contribution in [0.1, 0.15) is 44.5 Å². The van der Waals surface area contributed by atoms with E-state index in [0.717, 1.165) is 58.1 Å². The second kappa shape index (κ2) is 7.93. The molecule has 0 aromatic carbocycles. The van der Waals surface area contributed by atoms with Gasteiger partial charge in [0.2, 0.25) is 5.91 Å². The van der Waals surface area contributed by atoms with Crippen LogP contribution in [0.4, 0.5) is 0 Å². The van der Waals surface area contributed by atoms with E-state index < -0.39 is 0 Å². The molecule has 3 rings (SSSR count). The van der Waals surface area contributed by atoms with Crippen molar-refractivity contribution in [2.45, 2.75) is 38.6 Å². The number of hydrogen-bond donors (Lipinski definition) is 1. The van der Waals surface area contributed by atoms with Gasteiger partial charge in [-0.3, -0.25) is 9.69 Å². The Kier molecular flexibility index (Phi) is 5.67. The number of rotatable bonds is 5. The maximum absolute atomic E-state index is 12.6. The molecule has 1 N–H and O–H groups in total. The van der Waals surface area contributed by atoms with Crippen LogP contribution < -0.4 is 0 Å². The zero-order valence-corrected chi connectivity index (χ0v) is 14.0. The van der Waals surface area contributed by atoms with Crippen LogP contribution >= 0.6 is 0 Å². The van der Waals surface area contributed by atoms with E-state index in [4.69, 9.17) is 4.74 Å². The lowest BCUT2D eigenvalue weighted by atomic mass is 9.96. The Bertz CT molecular complexity index is 485. The molecule has 0 unspecified atom stereocenters. The summed E-state index contributed by atoms with van der Waals surface area (Å²) in [6.07, 6.45) is 7.57. The van der Waals surface area contributed by atoms with Gasteiger partial charge in [0.15, 0.2) is 0 Å². The normalized spacial score (nSPS) is 26.4. The van der Waals surface area contributed by atoms with E-state index in [0.29, 0.717) is 12.3 Å². The van der Waals surface area contributed by atoms with Crippen molar-refractivity contribution in [1.82, 2.24) is 19.8 Å². The highest BCUT2D eigenvalue weighted by Crippen LogP contribution is 2.24. The SMILES string of the molecule is CCN1CCN(C(=O)CC[C@@H]2CCCOC2)C[C@@H]1c1ncc[nH]1. The van der Waals surface area contributed by atoms with Crippen LogP contribution in [0.25, 0.3) is 0 Å². The van der Waals surface area contributed by atoms with E-state index in [1.165, 1.54) is 6.42 Å². The topological polar surface area (TPSA) is 61.5 Å². The Balaban J connectivity index is 1.54. The van der Waals surface area contributed by atoms with Gasteiger partial charge < -0.3 is 14.6 Å². The summed E-state index contributed by atoms with van der Waals surface area (Å²) < 4.78 is 5.51. The average Bonchev–Trinajstić information content (AvgIpc) is 3.14. The molecular formula is C17H28N4O2. The molecule has 2 saturated heterocycles. The molecular weight excluding hydrogens is 292 g/mol. The third-order valence-electron chi connectivity index (χ3n) is 5.11. The van der Waals surface area contributed by atoms with E-state index >= 15 is 0 Å². The molecule has 128 valence electrons. The molecule has 2 atom stereocenters.